The summed E-state index contributed by atoms with van der Waals surface area (Å²) < 4.78 is 33.1. The average molecular weight is 410 g/mol. The molecule has 2 fully saturated rings. The first-order chi connectivity index (χ1) is 13.4. The molecular formula is C20H31N3O4S. The highest BCUT2D eigenvalue weighted by Crippen LogP contribution is 2.22. The molecule has 0 aliphatic carbocycles. The summed E-state index contributed by atoms with van der Waals surface area (Å²) in [6, 6.07) is 7.34. The topological polar surface area (TPSA) is 70.2 Å². The largest absolute Gasteiger partial charge is 0.490 e. The second-order valence-corrected chi connectivity index (χ2v) is 9.88. The van der Waals surface area contributed by atoms with Crippen LogP contribution in [-0.2, 0) is 10.2 Å². The summed E-state index contributed by atoms with van der Waals surface area (Å²) in [6.07, 6.45) is 5.85. The molecule has 0 spiro atoms. The lowest BCUT2D eigenvalue weighted by Crippen LogP contribution is -2.46. The molecule has 0 N–H and O–H groups in total. The number of nitrogens with zero attached hydrogens (tertiary/aromatic N) is 3. The second-order valence-electron chi connectivity index (χ2n) is 7.74. The fraction of sp³-hybridized carbons (Fsp3) is 0.650. The van der Waals surface area contributed by atoms with E-state index < -0.39 is 10.2 Å². The van der Waals surface area contributed by atoms with Crippen LogP contribution in [0, 0.1) is 0 Å². The van der Waals surface area contributed by atoms with Gasteiger partial charge in [-0.05, 0) is 49.9 Å². The first-order valence-electron chi connectivity index (χ1n) is 10.1. The van der Waals surface area contributed by atoms with Crippen LogP contribution < -0.4 is 4.74 Å². The van der Waals surface area contributed by atoms with Gasteiger partial charge in [-0.25, -0.2) is 0 Å². The molecule has 3 rings (SSSR count). The van der Waals surface area contributed by atoms with Crippen molar-refractivity contribution in [1.29, 1.82) is 0 Å². The van der Waals surface area contributed by atoms with Gasteiger partial charge in [0.15, 0.2) is 0 Å². The van der Waals surface area contributed by atoms with Crippen LogP contribution in [0.5, 0.6) is 5.75 Å². The lowest BCUT2D eigenvalue weighted by atomic mass is 10.1. The Balaban J connectivity index is 1.53. The molecule has 28 heavy (non-hydrogen) atoms. The first kappa shape index (κ1) is 21.1. The quantitative estimate of drug-likeness (QED) is 0.749. The third-order valence-corrected chi connectivity index (χ3v) is 7.43. The fourth-order valence-corrected chi connectivity index (χ4v) is 4.87. The van der Waals surface area contributed by atoms with Gasteiger partial charge < -0.3 is 9.64 Å². The molecule has 2 aliphatic heterocycles. The fourth-order valence-electron chi connectivity index (χ4n) is 3.74. The number of ether oxygens (including phenoxy) is 1. The summed E-state index contributed by atoms with van der Waals surface area (Å²) in [6.45, 7) is 2.59. The summed E-state index contributed by atoms with van der Waals surface area (Å²) in [5, 5.41) is 0. The van der Waals surface area contributed by atoms with Crippen molar-refractivity contribution in [3.63, 3.8) is 0 Å². The summed E-state index contributed by atoms with van der Waals surface area (Å²) >= 11 is 0. The lowest BCUT2D eigenvalue weighted by molar-refractivity contribution is 0.0761. The number of carbonyl (C=O) groups excluding carboxylic acids is 1. The first-order valence-corrected chi connectivity index (χ1v) is 11.5. The molecule has 2 saturated heterocycles. The van der Waals surface area contributed by atoms with E-state index in [9.17, 15) is 13.2 Å². The number of piperidine rings is 1. The minimum Gasteiger partial charge on any atom is -0.490 e. The molecule has 7 nitrogen and oxygen atoms in total. The number of likely N-dealkylation sites (tertiary alicyclic amines) is 1. The molecule has 156 valence electrons. The predicted octanol–water partition coefficient (Wildman–Crippen LogP) is 2.35. The summed E-state index contributed by atoms with van der Waals surface area (Å²) in [5.74, 6) is 0.817. The van der Waals surface area contributed by atoms with Gasteiger partial charge in [0.05, 0.1) is 0 Å². The number of hydrogen-bond acceptors (Lipinski definition) is 4. The monoisotopic (exact) mass is 409 g/mol. The third kappa shape index (κ3) is 5.04. The molecule has 0 bridgehead atoms. The number of amides is 1. The third-order valence-electron chi connectivity index (χ3n) is 5.49. The van der Waals surface area contributed by atoms with Crippen molar-refractivity contribution in [3.8, 4) is 5.75 Å². The van der Waals surface area contributed by atoms with Gasteiger partial charge in [-0.1, -0.05) is 12.8 Å². The standard InChI is InChI=1S/C20H31N3O4S/c1-21(2)28(25,26)23-15-11-19(12-16-23)27-18-9-7-17(8-10-18)20(24)22-13-5-3-4-6-14-22/h7-10,19H,3-6,11-16H2,1-2H3. The zero-order chi connectivity index (χ0) is 20.1. The highest BCUT2D eigenvalue weighted by atomic mass is 32.2. The summed E-state index contributed by atoms with van der Waals surface area (Å²) in [5.41, 5.74) is 0.696. The summed E-state index contributed by atoms with van der Waals surface area (Å²) in [7, 11) is -0.260. The van der Waals surface area contributed by atoms with E-state index in [4.69, 9.17) is 4.74 Å². The number of rotatable bonds is 5. The lowest BCUT2D eigenvalue weighted by Gasteiger charge is -2.32. The zero-order valence-corrected chi connectivity index (χ0v) is 17.7. The maximum atomic E-state index is 12.7. The smallest absolute Gasteiger partial charge is 0.281 e. The van der Waals surface area contributed by atoms with Crippen molar-refractivity contribution in [2.24, 2.45) is 0 Å². The molecule has 0 aromatic heterocycles. The van der Waals surface area contributed by atoms with Crippen LogP contribution in [0.25, 0.3) is 0 Å². The Morgan fingerprint density at radius 2 is 1.54 bits per heavy atom. The van der Waals surface area contributed by atoms with Gasteiger partial charge in [0.25, 0.3) is 16.1 Å². The van der Waals surface area contributed by atoms with Gasteiger partial charge in [0, 0.05) is 45.8 Å². The number of carbonyl (C=O) groups is 1. The van der Waals surface area contributed by atoms with Crippen LogP contribution in [-0.4, -0.2) is 74.2 Å². The Bertz CT molecular complexity index is 748. The van der Waals surface area contributed by atoms with Crippen molar-refractivity contribution in [1.82, 2.24) is 13.5 Å². The van der Waals surface area contributed by atoms with Gasteiger partial charge in [-0.15, -0.1) is 0 Å². The molecule has 1 amide bonds. The maximum Gasteiger partial charge on any atom is 0.281 e. The highest BCUT2D eigenvalue weighted by molar-refractivity contribution is 7.86. The van der Waals surface area contributed by atoms with Crippen LogP contribution in [0.2, 0.25) is 0 Å². The van der Waals surface area contributed by atoms with E-state index in [2.05, 4.69) is 0 Å². The Labute approximate surface area is 168 Å². The molecule has 8 heteroatoms. The van der Waals surface area contributed by atoms with Gasteiger partial charge in [0.1, 0.15) is 11.9 Å². The highest BCUT2D eigenvalue weighted by Gasteiger charge is 2.30. The molecule has 0 saturated carbocycles. The molecule has 0 unspecified atom stereocenters. The molecular weight excluding hydrogens is 378 g/mol. The molecule has 0 atom stereocenters. The molecule has 2 heterocycles. The van der Waals surface area contributed by atoms with Crippen molar-refractivity contribution in [3.05, 3.63) is 29.8 Å². The molecule has 0 radical (unpaired) electrons. The minimum absolute atomic E-state index is 0.0132. The van der Waals surface area contributed by atoms with Crippen molar-refractivity contribution in [2.45, 2.75) is 44.6 Å². The SMILES string of the molecule is CN(C)S(=O)(=O)N1CCC(Oc2ccc(C(=O)N3CCCCCC3)cc2)CC1. The Hall–Kier alpha value is -1.64. The number of hydrogen-bond donors (Lipinski definition) is 0. The van der Waals surface area contributed by atoms with Crippen LogP contribution in [0.1, 0.15) is 48.9 Å². The summed E-state index contributed by atoms with van der Waals surface area (Å²) in [4.78, 5) is 14.6. The number of benzene rings is 1. The van der Waals surface area contributed by atoms with E-state index in [1.807, 2.05) is 29.2 Å². The van der Waals surface area contributed by atoms with Crippen LogP contribution >= 0.6 is 0 Å². The van der Waals surface area contributed by atoms with Crippen molar-refractivity contribution >= 4 is 16.1 Å². The van der Waals surface area contributed by atoms with Crippen molar-refractivity contribution in [2.75, 3.05) is 40.3 Å². The normalized spacial score (nSPS) is 20.2. The van der Waals surface area contributed by atoms with E-state index >= 15 is 0 Å². The molecule has 2 aliphatic rings. The molecule has 1 aromatic rings. The zero-order valence-electron chi connectivity index (χ0n) is 16.8. The Morgan fingerprint density at radius 1 is 0.964 bits per heavy atom. The van der Waals surface area contributed by atoms with E-state index in [1.54, 1.807) is 14.1 Å². The molecule has 1 aromatic carbocycles. The van der Waals surface area contributed by atoms with E-state index in [0.29, 0.717) is 31.5 Å². The van der Waals surface area contributed by atoms with Gasteiger partial charge in [0.2, 0.25) is 0 Å². The van der Waals surface area contributed by atoms with E-state index in [-0.39, 0.29) is 12.0 Å². The van der Waals surface area contributed by atoms with Crippen LogP contribution in [0.3, 0.4) is 0 Å². The second kappa shape index (κ2) is 9.24. The van der Waals surface area contributed by atoms with Gasteiger partial charge in [-0.3, -0.25) is 4.79 Å². The van der Waals surface area contributed by atoms with Crippen LogP contribution in [0.4, 0.5) is 0 Å². The van der Waals surface area contributed by atoms with E-state index in [0.717, 1.165) is 31.7 Å². The maximum absolute atomic E-state index is 12.7. The Morgan fingerprint density at radius 3 is 2.07 bits per heavy atom. The predicted molar refractivity (Wildman–Crippen MR) is 109 cm³/mol. The van der Waals surface area contributed by atoms with Gasteiger partial charge in [-0.2, -0.15) is 17.0 Å². The minimum atomic E-state index is -3.36. The van der Waals surface area contributed by atoms with Crippen LogP contribution in [0.15, 0.2) is 24.3 Å². The van der Waals surface area contributed by atoms with E-state index in [1.165, 1.54) is 21.5 Å². The van der Waals surface area contributed by atoms with Crippen molar-refractivity contribution < 1.29 is 17.9 Å². The Kier molecular flexibility index (Phi) is 6.95. The van der Waals surface area contributed by atoms with Gasteiger partial charge >= 0.3 is 0 Å². The average Bonchev–Trinajstić information content (AvgIpc) is 2.98.